The third-order valence-corrected chi connectivity index (χ3v) is 2.51. The van der Waals surface area contributed by atoms with Crippen LogP contribution in [0, 0.1) is 5.92 Å². The highest BCUT2D eigenvalue weighted by atomic mass is 79.9. The summed E-state index contributed by atoms with van der Waals surface area (Å²) in [6.45, 7) is 4.55. The maximum absolute atomic E-state index is 12.5. The van der Waals surface area contributed by atoms with Gasteiger partial charge in [-0.2, -0.15) is 0 Å². The molecule has 0 atom stereocenters. The molecule has 1 aromatic rings. The minimum atomic E-state index is -2.48. The Morgan fingerprint density at radius 3 is 2.53 bits per heavy atom. The summed E-state index contributed by atoms with van der Waals surface area (Å²) < 4.78 is 30.8. The number of alkyl halides is 2. The van der Waals surface area contributed by atoms with Crippen molar-refractivity contribution in [1.82, 2.24) is 0 Å². The molecule has 1 nitrogen and oxygen atoms in total. The molecule has 0 aromatic heterocycles. The van der Waals surface area contributed by atoms with Gasteiger partial charge < -0.3 is 4.74 Å². The fourth-order valence-corrected chi connectivity index (χ4v) is 1.46. The molecule has 1 rings (SSSR count). The molecule has 0 heterocycles. The monoisotopic (exact) mass is 278 g/mol. The molecule has 0 radical (unpaired) electrons. The normalized spacial score (nSPS) is 11.1. The minimum absolute atomic E-state index is 0.0312. The quantitative estimate of drug-likeness (QED) is 0.792. The van der Waals surface area contributed by atoms with Crippen molar-refractivity contribution >= 4 is 15.9 Å². The molecule has 0 aliphatic carbocycles. The number of ether oxygens (including phenoxy) is 1. The first-order chi connectivity index (χ1) is 7.00. The van der Waals surface area contributed by atoms with E-state index in [9.17, 15) is 8.78 Å². The first-order valence-electron chi connectivity index (χ1n) is 4.71. The van der Waals surface area contributed by atoms with E-state index < -0.39 is 6.43 Å². The Hall–Kier alpha value is -0.640. The van der Waals surface area contributed by atoms with Crippen molar-refractivity contribution in [2.75, 3.05) is 6.61 Å². The van der Waals surface area contributed by atoms with Gasteiger partial charge in [0.25, 0.3) is 6.43 Å². The molecule has 4 heteroatoms. The molecule has 0 fully saturated rings. The molecule has 84 valence electrons. The summed E-state index contributed by atoms with van der Waals surface area (Å²) in [4.78, 5) is 0. The first kappa shape index (κ1) is 12.4. The predicted molar refractivity (Wildman–Crippen MR) is 59.4 cm³/mol. The first-order valence-corrected chi connectivity index (χ1v) is 5.50. The fourth-order valence-electron chi connectivity index (χ4n) is 1.04. The van der Waals surface area contributed by atoms with Gasteiger partial charge in [0.15, 0.2) is 0 Å². The molecule has 0 saturated heterocycles. The molecule has 0 spiro atoms. The van der Waals surface area contributed by atoms with Crippen LogP contribution in [0.15, 0.2) is 22.7 Å². The van der Waals surface area contributed by atoms with Gasteiger partial charge in [-0.1, -0.05) is 29.8 Å². The van der Waals surface area contributed by atoms with Gasteiger partial charge in [0.05, 0.1) is 6.61 Å². The van der Waals surface area contributed by atoms with Crippen molar-refractivity contribution in [3.05, 3.63) is 28.2 Å². The summed E-state index contributed by atoms with van der Waals surface area (Å²) in [7, 11) is 0. The van der Waals surface area contributed by atoms with E-state index in [2.05, 4.69) is 15.9 Å². The Balaban J connectivity index is 2.78. The fraction of sp³-hybridized carbons (Fsp3) is 0.455. The lowest BCUT2D eigenvalue weighted by molar-refractivity contribution is 0.150. The van der Waals surface area contributed by atoms with Gasteiger partial charge in [-0.15, -0.1) is 0 Å². The lowest BCUT2D eigenvalue weighted by atomic mass is 10.2. The van der Waals surface area contributed by atoms with Crippen LogP contribution in [-0.4, -0.2) is 6.61 Å². The van der Waals surface area contributed by atoms with Gasteiger partial charge in [-0.3, -0.25) is 0 Å². The second kappa shape index (κ2) is 5.45. The maximum Gasteiger partial charge on any atom is 0.265 e. The van der Waals surface area contributed by atoms with Crippen molar-refractivity contribution < 1.29 is 13.5 Å². The van der Waals surface area contributed by atoms with Crippen molar-refractivity contribution in [2.45, 2.75) is 20.3 Å². The lowest BCUT2D eigenvalue weighted by Crippen LogP contribution is -2.04. The van der Waals surface area contributed by atoms with Crippen LogP contribution in [0.3, 0.4) is 0 Å². The van der Waals surface area contributed by atoms with Crippen molar-refractivity contribution in [2.24, 2.45) is 5.92 Å². The van der Waals surface area contributed by atoms with Gasteiger partial charge in [-0.05, 0) is 24.1 Å². The summed E-state index contributed by atoms with van der Waals surface area (Å²) in [5, 5.41) is 0. The summed E-state index contributed by atoms with van der Waals surface area (Å²) in [6, 6.07) is 4.63. The summed E-state index contributed by atoms with van der Waals surface area (Å²) in [6.07, 6.45) is -2.48. The Bertz CT molecular complexity index is 326. The van der Waals surface area contributed by atoms with Crippen LogP contribution in [-0.2, 0) is 0 Å². The number of rotatable bonds is 4. The summed E-state index contributed by atoms with van der Waals surface area (Å²) >= 11 is 3.08. The van der Waals surface area contributed by atoms with E-state index in [1.807, 2.05) is 13.8 Å². The van der Waals surface area contributed by atoms with E-state index in [4.69, 9.17) is 4.74 Å². The molecule has 1 aromatic carbocycles. The highest BCUT2D eigenvalue weighted by molar-refractivity contribution is 9.10. The zero-order valence-corrected chi connectivity index (χ0v) is 10.2. The molecule has 0 aliphatic rings. The van der Waals surface area contributed by atoms with E-state index in [0.717, 1.165) is 0 Å². The highest BCUT2D eigenvalue weighted by Crippen LogP contribution is 2.30. The van der Waals surface area contributed by atoms with Crippen LogP contribution in [0.5, 0.6) is 5.75 Å². The van der Waals surface area contributed by atoms with Crippen molar-refractivity contribution in [3.63, 3.8) is 0 Å². The Morgan fingerprint density at radius 2 is 2.00 bits per heavy atom. The lowest BCUT2D eigenvalue weighted by Gasteiger charge is -2.10. The van der Waals surface area contributed by atoms with Crippen LogP contribution in [0.2, 0.25) is 0 Å². The molecule has 0 aliphatic heterocycles. The average Bonchev–Trinajstić information content (AvgIpc) is 2.16. The van der Waals surface area contributed by atoms with E-state index >= 15 is 0 Å². The van der Waals surface area contributed by atoms with E-state index in [1.165, 1.54) is 6.07 Å². The van der Waals surface area contributed by atoms with Crippen LogP contribution in [0.1, 0.15) is 25.8 Å². The molecule has 15 heavy (non-hydrogen) atoms. The molecular weight excluding hydrogens is 266 g/mol. The predicted octanol–water partition coefficient (Wildman–Crippen LogP) is 4.42. The Kier molecular flexibility index (Phi) is 4.51. The smallest absolute Gasteiger partial charge is 0.265 e. The van der Waals surface area contributed by atoms with Gasteiger partial charge in [0.1, 0.15) is 5.75 Å². The molecule has 0 N–H and O–H groups in total. The standard InChI is InChI=1S/C11H13BrF2O/c1-7(2)6-15-8-3-4-10(12)9(5-8)11(13)14/h3-5,7,11H,6H2,1-2H3. The maximum atomic E-state index is 12.5. The van der Waals surface area contributed by atoms with E-state index in [-0.39, 0.29) is 5.56 Å². The SMILES string of the molecule is CC(C)COc1ccc(Br)c(C(F)F)c1. The zero-order chi connectivity index (χ0) is 11.4. The summed E-state index contributed by atoms with van der Waals surface area (Å²) in [5.41, 5.74) is -0.0312. The molecule has 0 unspecified atom stereocenters. The Labute approximate surface area is 96.6 Å². The molecule has 0 amide bonds. The van der Waals surface area contributed by atoms with E-state index in [0.29, 0.717) is 22.7 Å². The number of hydrogen-bond acceptors (Lipinski definition) is 1. The molecule has 0 saturated carbocycles. The zero-order valence-electron chi connectivity index (χ0n) is 8.64. The largest absolute Gasteiger partial charge is 0.493 e. The van der Waals surface area contributed by atoms with Crippen LogP contribution in [0.25, 0.3) is 0 Å². The van der Waals surface area contributed by atoms with Crippen molar-refractivity contribution in [1.29, 1.82) is 0 Å². The topological polar surface area (TPSA) is 9.23 Å². The number of halogens is 3. The van der Waals surface area contributed by atoms with Gasteiger partial charge in [0.2, 0.25) is 0 Å². The molecular formula is C11H13BrF2O. The minimum Gasteiger partial charge on any atom is -0.493 e. The van der Waals surface area contributed by atoms with Crippen LogP contribution in [0.4, 0.5) is 8.78 Å². The van der Waals surface area contributed by atoms with Gasteiger partial charge in [0, 0.05) is 10.0 Å². The number of benzene rings is 1. The van der Waals surface area contributed by atoms with Crippen LogP contribution < -0.4 is 4.74 Å². The van der Waals surface area contributed by atoms with Crippen molar-refractivity contribution in [3.8, 4) is 5.75 Å². The second-order valence-corrected chi connectivity index (χ2v) is 4.54. The van der Waals surface area contributed by atoms with Gasteiger partial charge >= 0.3 is 0 Å². The number of hydrogen-bond donors (Lipinski definition) is 0. The second-order valence-electron chi connectivity index (χ2n) is 3.69. The molecule has 0 bridgehead atoms. The van der Waals surface area contributed by atoms with Crippen LogP contribution >= 0.6 is 15.9 Å². The third kappa shape index (κ3) is 3.78. The average molecular weight is 279 g/mol. The Morgan fingerprint density at radius 1 is 1.33 bits per heavy atom. The van der Waals surface area contributed by atoms with E-state index in [1.54, 1.807) is 12.1 Å². The third-order valence-electron chi connectivity index (χ3n) is 1.79. The summed E-state index contributed by atoms with van der Waals surface area (Å²) in [5.74, 6) is 0.867. The van der Waals surface area contributed by atoms with Gasteiger partial charge in [-0.25, -0.2) is 8.78 Å². The highest BCUT2D eigenvalue weighted by Gasteiger charge is 2.12.